The zero-order chi connectivity index (χ0) is 28.0. The minimum Gasteiger partial charge on any atom is -0.311 e. The molecule has 0 unspecified atom stereocenters. The number of hydrogen-bond acceptors (Lipinski definition) is 6. The molecule has 8 nitrogen and oxygen atoms in total. The largest absolute Gasteiger partial charge is 0.311 e. The standard InChI is InChI=1S/C32H30N4O4/c1-19(17-35-29(37)23-11-3-7-21-8-4-12-24(27(21)23)30(35)38)33-15-16-34-20(2)18-36-31(39)25-13-5-9-22-10-6-14-26(28(22)25)32(36)40/h3-14,19-20,33-34H,15-18H2,1-2H3/t19-,20-/m0/s1. The highest BCUT2D eigenvalue weighted by Crippen LogP contribution is 2.31. The van der Waals surface area contributed by atoms with Gasteiger partial charge in [-0.25, -0.2) is 0 Å². The molecule has 6 rings (SSSR count). The van der Waals surface area contributed by atoms with Crippen LogP contribution in [0.3, 0.4) is 0 Å². The van der Waals surface area contributed by atoms with Crippen molar-refractivity contribution >= 4 is 45.2 Å². The van der Waals surface area contributed by atoms with Gasteiger partial charge in [0.1, 0.15) is 0 Å². The van der Waals surface area contributed by atoms with E-state index < -0.39 is 0 Å². The van der Waals surface area contributed by atoms with Crippen molar-refractivity contribution in [1.82, 2.24) is 20.4 Å². The van der Waals surface area contributed by atoms with E-state index in [0.29, 0.717) is 35.3 Å². The van der Waals surface area contributed by atoms with Crippen LogP contribution in [0.15, 0.2) is 72.8 Å². The van der Waals surface area contributed by atoms with Crippen LogP contribution in [-0.4, -0.2) is 71.7 Å². The van der Waals surface area contributed by atoms with E-state index in [1.54, 1.807) is 24.3 Å². The minimum atomic E-state index is -0.275. The summed E-state index contributed by atoms with van der Waals surface area (Å²) in [6.07, 6.45) is 0. The molecule has 202 valence electrons. The first-order chi connectivity index (χ1) is 19.3. The molecular formula is C32H30N4O4. The number of benzene rings is 4. The molecule has 0 radical (unpaired) electrons. The van der Waals surface area contributed by atoms with Gasteiger partial charge in [0.2, 0.25) is 0 Å². The Labute approximate surface area is 231 Å². The molecule has 4 amide bonds. The Hall–Kier alpha value is -4.40. The third-order valence-electron chi connectivity index (χ3n) is 7.74. The number of hydrogen-bond donors (Lipinski definition) is 2. The molecule has 0 spiro atoms. The molecule has 2 aliphatic rings. The van der Waals surface area contributed by atoms with E-state index in [-0.39, 0.29) is 48.8 Å². The predicted molar refractivity (Wildman–Crippen MR) is 154 cm³/mol. The highest BCUT2D eigenvalue weighted by atomic mass is 16.2. The van der Waals surface area contributed by atoms with Crippen LogP contribution in [0.5, 0.6) is 0 Å². The number of nitrogens with zero attached hydrogens (tertiary/aromatic N) is 2. The monoisotopic (exact) mass is 534 g/mol. The summed E-state index contributed by atoms with van der Waals surface area (Å²) in [6.45, 7) is 5.54. The molecule has 2 aliphatic heterocycles. The molecule has 0 aromatic heterocycles. The third-order valence-corrected chi connectivity index (χ3v) is 7.74. The molecule has 0 aliphatic carbocycles. The van der Waals surface area contributed by atoms with E-state index in [0.717, 1.165) is 21.5 Å². The lowest BCUT2D eigenvalue weighted by Gasteiger charge is -2.30. The second kappa shape index (κ2) is 10.3. The summed E-state index contributed by atoms with van der Waals surface area (Å²) in [7, 11) is 0. The highest BCUT2D eigenvalue weighted by Gasteiger charge is 2.34. The average molecular weight is 535 g/mol. The molecule has 4 aromatic carbocycles. The second-order valence-electron chi connectivity index (χ2n) is 10.6. The van der Waals surface area contributed by atoms with Gasteiger partial charge in [0.25, 0.3) is 23.6 Å². The first kappa shape index (κ1) is 25.9. The number of rotatable bonds is 9. The lowest BCUT2D eigenvalue weighted by molar-refractivity contribution is 0.0580. The molecule has 2 atom stereocenters. The Morgan fingerprint density at radius 2 is 0.825 bits per heavy atom. The molecule has 4 aromatic rings. The van der Waals surface area contributed by atoms with Gasteiger partial charge in [-0.15, -0.1) is 0 Å². The molecule has 0 bridgehead atoms. The van der Waals surface area contributed by atoms with Crippen molar-refractivity contribution < 1.29 is 19.2 Å². The van der Waals surface area contributed by atoms with Crippen LogP contribution in [0.1, 0.15) is 55.3 Å². The van der Waals surface area contributed by atoms with Crippen LogP contribution in [0.4, 0.5) is 0 Å². The van der Waals surface area contributed by atoms with E-state index in [1.165, 1.54) is 9.80 Å². The molecule has 8 heteroatoms. The zero-order valence-electron chi connectivity index (χ0n) is 22.4. The fraction of sp³-hybridized carbons (Fsp3) is 0.250. The van der Waals surface area contributed by atoms with Gasteiger partial charge in [0, 0.05) is 71.3 Å². The number of nitrogens with one attached hydrogen (secondary N) is 2. The Kier molecular flexibility index (Phi) is 6.65. The lowest BCUT2D eigenvalue weighted by Crippen LogP contribution is -2.50. The van der Waals surface area contributed by atoms with Gasteiger partial charge < -0.3 is 10.6 Å². The minimum absolute atomic E-state index is 0.128. The van der Waals surface area contributed by atoms with E-state index >= 15 is 0 Å². The van der Waals surface area contributed by atoms with Crippen molar-refractivity contribution in [3.63, 3.8) is 0 Å². The quantitative estimate of drug-likeness (QED) is 0.250. The molecular weight excluding hydrogens is 504 g/mol. The molecule has 40 heavy (non-hydrogen) atoms. The Balaban J connectivity index is 1.02. The predicted octanol–water partition coefficient (Wildman–Crippen LogP) is 3.84. The van der Waals surface area contributed by atoms with E-state index in [2.05, 4.69) is 10.6 Å². The number of amides is 4. The summed E-state index contributed by atoms with van der Waals surface area (Å²) >= 11 is 0. The summed E-state index contributed by atoms with van der Waals surface area (Å²) in [6, 6.07) is 21.8. The van der Waals surface area contributed by atoms with Crippen LogP contribution < -0.4 is 10.6 Å². The van der Waals surface area contributed by atoms with Gasteiger partial charge in [0.15, 0.2) is 0 Å². The fourth-order valence-electron chi connectivity index (χ4n) is 5.81. The van der Waals surface area contributed by atoms with Crippen molar-refractivity contribution in [3.05, 3.63) is 95.1 Å². The number of carbonyl (C=O) groups is 4. The molecule has 0 fully saturated rings. The zero-order valence-corrected chi connectivity index (χ0v) is 22.4. The molecule has 2 heterocycles. The van der Waals surface area contributed by atoms with E-state index in [1.807, 2.05) is 62.4 Å². The smallest absolute Gasteiger partial charge is 0.261 e. The Morgan fingerprint density at radius 3 is 1.12 bits per heavy atom. The SMILES string of the molecule is C[C@@H](CN1C(=O)c2cccc3cccc(c23)C1=O)NCCN[C@@H](C)CN1C(=O)c2cccc3cccc(c23)C1=O. The summed E-state index contributed by atoms with van der Waals surface area (Å²) in [5.74, 6) is -1.10. The number of imide groups is 2. The third kappa shape index (κ3) is 4.35. The molecule has 0 saturated carbocycles. The van der Waals surface area contributed by atoms with Crippen LogP contribution in [0, 0.1) is 0 Å². The Bertz CT molecular complexity index is 1470. The van der Waals surface area contributed by atoms with Crippen molar-refractivity contribution in [2.45, 2.75) is 25.9 Å². The summed E-state index contributed by atoms with van der Waals surface area (Å²) in [5, 5.41) is 9.95. The van der Waals surface area contributed by atoms with Crippen molar-refractivity contribution in [1.29, 1.82) is 0 Å². The highest BCUT2D eigenvalue weighted by molar-refractivity contribution is 6.26. The van der Waals surface area contributed by atoms with E-state index in [4.69, 9.17) is 0 Å². The molecule has 2 N–H and O–H groups in total. The van der Waals surface area contributed by atoms with Crippen LogP contribution in [0.2, 0.25) is 0 Å². The lowest BCUT2D eigenvalue weighted by atomic mass is 9.94. The van der Waals surface area contributed by atoms with Crippen LogP contribution >= 0.6 is 0 Å². The van der Waals surface area contributed by atoms with Crippen molar-refractivity contribution in [3.8, 4) is 0 Å². The maximum Gasteiger partial charge on any atom is 0.261 e. The van der Waals surface area contributed by atoms with Gasteiger partial charge in [-0.05, 0) is 48.9 Å². The maximum absolute atomic E-state index is 13.2. The van der Waals surface area contributed by atoms with Crippen LogP contribution in [-0.2, 0) is 0 Å². The Morgan fingerprint density at radius 1 is 0.525 bits per heavy atom. The first-order valence-electron chi connectivity index (χ1n) is 13.6. The van der Waals surface area contributed by atoms with Crippen molar-refractivity contribution in [2.75, 3.05) is 26.2 Å². The van der Waals surface area contributed by atoms with Gasteiger partial charge in [-0.2, -0.15) is 0 Å². The van der Waals surface area contributed by atoms with Crippen LogP contribution in [0.25, 0.3) is 21.5 Å². The molecule has 0 saturated heterocycles. The summed E-state index contributed by atoms with van der Waals surface area (Å²) in [4.78, 5) is 55.2. The van der Waals surface area contributed by atoms with Gasteiger partial charge in [-0.3, -0.25) is 29.0 Å². The van der Waals surface area contributed by atoms with Gasteiger partial charge >= 0.3 is 0 Å². The van der Waals surface area contributed by atoms with Gasteiger partial charge in [-0.1, -0.05) is 48.5 Å². The van der Waals surface area contributed by atoms with Crippen molar-refractivity contribution in [2.24, 2.45) is 0 Å². The average Bonchev–Trinajstić information content (AvgIpc) is 2.97. The topological polar surface area (TPSA) is 98.8 Å². The van der Waals surface area contributed by atoms with Gasteiger partial charge in [0.05, 0.1) is 0 Å². The number of carbonyl (C=O) groups excluding carboxylic acids is 4. The summed E-state index contributed by atoms with van der Waals surface area (Å²) in [5.41, 5.74) is 2.21. The normalized spacial score (nSPS) is 16.2. The van der Waals surface area contributed by atoms with E-state index in [9.17, 15) is 19.2 Å². The first-order valence-corrected chi connectivity index (χ1v) is 13.6. The summed E-state index contributed by atoms with van der Waals surface area (Å²) < 4.78 is 0. The second-order valence-corrected chi connectivity index (χ2v) is 10.6. The fourth-order valence-corrected chi connectivity index (χ4v) is 5.81. The maximum atomic E-state index is 13.2.